The zero-order chi connectivity index (χ0) is 29.3. The Kier molecular flexibility index (Phi) is 7.72. The summed E-state index contributed by atoms with van der Waals surface area (Å²) in [6, 6.07) is 12.1. The van der Waals surface area contributed by atoms with Gasteiger partial charge in [0, 0.05) is 63.5 Å². The SMILES string of the molecule is CN1CCN(C(=O)Cn2cc(Nc3nc4c(N5C[C@H]6CC[C@@H](C5)C6OCc5cccc(CO)c5)cccn4n3)cn2)CC1. The molecule has 1 saturated carbocycles. The fraction of sp³-hybridized carbons (Fsp3) is 0.484. The molecule has 1 aliphatic carbocycles. The highest BCUT2D eigenvalue weighted by molar-refractivity contribution is 5.76. The molecule has 0 spiro atoms. The number of benzene rings is 1. The topological polar surface area (TPSA) is 116 Å². The van der Waals surface area contributed by atoms with Crippen molar-refractivity contribution in [3.63, 3.8) is 0 Å². The monoisotopic (exact) mass is 585 g/mol. The van der Waals surface area contributed by atoms with E-state index in [1.807, 2.05) is 46.1 Å². The largest absolute Gasteiger partial charge is 0.392 e. The molecule has 2 aliphatic heterocycles. The Morgan fingerprint density at radius 2 is 1.86 bits per heavy atom. The average Bonchev–Trinajstić information content (AvgIpc) is 3.71. The molecule has 7 rings (SSSR count). The van der Waals surface area contributed by atoms with Gasteiger partial charge in [-0.05, 0) is 43.1 Å². The molecular weight excluding hydrogens is 546 g/mol. The molecule has 2 saturated heterocycles. The zero-order valence-electron chi connectivity index (χ0n) is 24.5. The zero-order valence-corrected chi connectivity index (χ0v) is 24.5. The minimum atomic E-state index is 0.0463. The maximum Gasteiger partial charge on any atom is 0.247 e. The third-order valence-electron chi connectivity index (χ3n) is 9.09. The smallest absolute Gasteiger partial charge is 0.247 e. The molecule has 2 N–H and O–H groups in total. The van der Waals surface area contributed by atoms with Gasteiger partial charge in [-0.3, -0.25) is 9.48 Å². The standard InChI is InChI=1S/C31H39N9O3/c1-36-10-12-37(13-11-36)28(42)19-39-18-26(15-32-39)33-31-34-30-27(6-3-9-40(30)35-31)38-16-24-7-8-25(17-38)29(24)43-21-23-5-2-4-22(14-23)20-41/h2-6,9,14-15,18,24-25,29,41H,7-8,10-13,16-17,19-21H2,1H3,(H,33,35)/t24-,25+,29?. The molecule has 1 aromatic carbocycles. The van der Waals surface area contributed by atoms with Crippen LogP contribution in [-0.4, -0.2) is 97.6 Å². The first-order valence-corrected chi connectivity index (χ1v) is 15.2. The number of aromatic nitrogens is 5. The van der Waals surface area contributed by atoms with Crippen molar-refractivity contribution in [2.24, 2.45) is 11.8 Å². The molecule has 12 nitrogen and oxygen atoms in total. The van der Waals surface area contributed by atoms with E-state index < -0.39 is 0 Å². The molecule has 1 unspecified atom stereocenters. The lowest BCUT2D eigenvalue weighted by Crippen LogP contribution is -2.48. The number of hydrogen-bond acceptors (Lipinski definition) is 9. The first-order chi connectivity index (χ1) is 21.0. The van der Waals surface area contributed by atoms with Crippen LogP contribution in [0.1, 0.15) is 24.0 Å². The van der Waals surface area contributed by atoms with Crippen molar-refractivity contribution in [3.8, 4) is 0 Å². The second-order valence-corrected chi connectivity index (χ2v) is 12.1. The number of rotatable bonds is 9. The normalized spacial score (nSPS) is 22.4. The summed E-state index contributed by atoms with van der Waals surface area (Å²) in [5.41, 5.74) is 4.64. The molecule has 5 heterocycles. The molecular formula is C31H39N9O3. The molecule has 12 heteroatoms. The fourth-order valence-electron chi connectivity index (χ4n) is 6.78. The lowest BCUT2D eigenvalue weighted by atomic mass is 9.94. The van der Waals surface area contributed by atoms with Crippen LogP contribution in [0.2, 0.25) is 0 Å². The summed E-state index contributed by atoms with van der Waals surface area (Å²) >= 11 is 0. The number of carbonyl (C=O) groups is 1. The molecule has 3 aromatic heterocycles. The molecule has 3 fully saturated rings. The number of nitrogens with zero attached hydrogens (tertiary/aromatic N) is 8. The molecule has 0 radical (unpaired) electrons. The van der Waals surface area contributed by atoms with Crippen molar-refractivity contribution < 1.29 is 14.6 Å². The number of nitrogens with one attached hydrogen (secondary N) is 1. The van der Waals surface area contributed by atoms with Crippen molar-refractivity contribution in [3.05, 3.63) is 66.1 Å². The fourth-order valence-corrected chi connectivity index (χ4v) is 6.78. The van der Waals surface area contributed by atoms with Crippen molar-refractivity contribution in [2.45, 2.75) is 38.7 Å². The Balaban J connectivity index is 0.994. The van der Waals surface area contributed by atoms with E-state index in [9.17, 15) is 9.90 Å². The average molecular weight is 586 g/mol. The quantitative estimate of drug-likeness (QED) is 0.305. The lowest BCUT2D eigenvalue weighted by molar-refractivity contribution is -0.133. The van der Waals surface area contributed by atoms with Gasteiger partial charge in [-0.25, -0.2) is 4.52 Å². The van der Waals surface area contributed by atoms with Gasteiger partial charge in [0.15, 0.2) is 5.65 Å². The van der Waals surface area contributed by atoms with Gasteiger partial charge in [-0.1, -0.05) is 24.3 Å². The molecule has 3 atom stereocenters. The van der Waals surface area contributed by atoms with Crippen LogP contribution >= 0.6 is 0 Å². The molecule has 226 valence electrons. The van der Waals surface area contributed by atoms with Crippen LogP contribution in [0.4, 0.5) is 17.3 Å². The third-order valence-corrected chi connectivity index (χ3v) is 9.09. The van der Waals surface area contributed by atoms with Gasteiger partial charge < -0.3 is 29.9 Å². The summed E-state index contributed by atoms with van der Waals surface area (Å²) in [5.74, 6) is 1.49. The van der Waals surface area contributed by atoms with E-state index in [0.29, 0.717) is 24.4 Å². The number of ether oxygens (including phenoxy) is 1. The Morgan fingerprint density at radius 1 is 1.07 bits per heavy atom. The van der Waals surface area contributed by atoms with E-state index in [-0.39, 0.29) is 25.2 Å². The highest BCUT2D eigenvalue weighted by Gasteiger charge is 2.43. The number of aliphatic hydroxyl groups excluding tert-OH is 1. The van der Waals surface area contributed by atoms with Gasteiger partial charge in [0.1, 0.15) is 6.54 Å². The van der Waals surface area contributed by atoms with Crippen LogP contribution in [0.3, 0.4) is 0 Å². The number of fused-ring (bicyclic) bond motifs is 3. The minimum absolute atomic E-state index is 0.0463. The van der Waals surface area contributed by atoms with E-state index >= 15 is 0 Å². The van der Waals surface area contributed by atoms with Gasteiger partial charge >= 0.3 is 0 Å². The number of piperidine rings is 1. The second-order valence-electron chi connectivity index (χ2n) is 12.1. The summed E-state index contributed by atoms with van der Waals surface area (Å²) in [6.07, 6.45) is 8.00. The molecule has 3 aliphatic rings. The predicted molar refractivity (Wildman–Crippen MR) is 162 cm³/mol. The summed E-state index contributed by atoms with van der Waals surface area (Å²) in [4.78, 5) is 24.1. The number of pyridine rings is 1. The van der Waals surface area contributed by atoms with E-state index in [1.165, 1.54) is 0 Å². The van der Waals surface area contributed by atoms with Crippen LogP contribution in [0, 0.1) is 11.8 Å². The molecule has 2 bridgehead atoms. The lowest BCUT2D eigenvalue weighted by Gasteiger charge is -2.39. The number of hydrogen-bond donors (Lipinski definition) is 2. The Morgan fingerprint density at radius 3 is 2.65 bits per heavy atom. The Bertz CT molecular complexity index is 1560. The molecule has 4 aromatic rings. The van der Waals surface area contributed by atoms with Crippen molar-refractivity contribution in [2.75, 3.05) is 56.5 Å². The first-order valence-electron chi connectivity index (χ1n) is 15.2. The van der Waals surface area contributed by atoms with Crippen LogP contribution in [-0.2, 0) is 29.3 Å². The van der Waals surface area contributed by atoms with E-state index in [0.717, 1.165) is 80.3 Å². The van der Waals surface area contributed by atoms with Crippen molar-refractivity contribution >= 4 is 28.9 Å². The summed E-state index contributed by atoms with van der Waals surface area (Å²) in [7, 11) is 2.08. The van der Waals surface area contributed by atoms with Gasteiger partial charge in [-0.2, -0.15) is 10.1 Å². The van der Waals surface area contributed by atoms with Crippen LogP contribution < -0.4 is 10.2 Å². The van der Waals surface area contributed by atoms with Gasteiger partial charge in [0.05, 0.1) is 36.9 Å². The van der Waals surface area contributed by atoms with Crippen LogP contribution in [0.25, 0.3) is 5.65 Å². The molecule has 43 heavy (non-hydrogen) atoms. The highest BCUT2D eigenvalue weighted by atomic mass is 16.5. The summed E-state index contributed by atoms with van der Waals surface area (Å²) in [6.45, 7) is 5.96. The van der Waals surface area contributed by atoms with E-state index in [1.54, 1.807) is 10.9 Å². The Labute approximate surface area is 250 Å². The van der Waals surface area contributed by atoms with Gasteiger partial charge in [0.2, 0.25) is 11.9 Å². The Hall–Kier alpha value is -4.00. The van der Waals surface area contributed by atoms with E-state index in [4.69, 9.17) is 9.72 Å². The summed E-state index contributed by atoms with van der Waals surface area (Å²) in [5, 5.41) is 21.8. The minimum Gasteiger partial charge on any atom is -0.392 e. The third kappa shape index (κ3) is 5.95. The number of likely N-dealkylation sites (N-methyl/N-ethyl adjacent to an activating group) is 1. The van der Waals surface area contributed by atoms with Gasteiger partial charge in [0.25, 0.3) is 0 Å². The summed E-state index contributed by atoms with van der Waals surface area (Å²) < 4.78 is 9.96. The number of amides is 1. The number of anilines is 3. The first kappa shape index (κ1) is 27.8. The maximum absolute atomic E-state index is 12.7. The predicted octanol–water partition coefficient (Wildman–Crippen LogP) is 2.37. The van der Waals surface area contributed by atoms with Crippen LogP contribution in [0.5, 0.6) is 0 Å². The number of carbonyl (C=O) groups excluding carboxylic acids is 1. The van der Waals surface area contributed by atoms with Crippen molar-refractivity contribution in [1.82, 2.24) is 34.2 Å². The number of piperazine rings is 1. The molecule has 1 amide bonds. The number of aliphatic hydroxyl groups is 1. The second kappa shape index (κ2) is 11.9. The van der Waals surface area contributed by atoms with Crippen molar-refractivity contribution in [1.29, 1.82) is 0 Å². The highest BCUT2D eigenvalue weighted by Crippen LogP contribution is 2.41. The van der Waals surface area contributed by atoms with E-state index in [2.05, 4.69) is 44.5 Å². The maximum atomic E-state index is 12.7. The van der Waals surface area contributed by atoms with Gasteiger partial charge in [-0.15, -0.1) is 5.10 Å². The van der Waals surface area contributed by atoms with Crippen LogP contribution in [0.15, 0.2) is 55.0 Å².